The highest BCUT2D eigenvalue weighted by Gasteiger charge is 2.26. The SMILES string of the molecule is CCOC(=O)c1nnc2ccccc2c1N1CCCCC(SC)C1. The lowest BCUT2D eigenvalue weighted by molar-refractivity contribution is 0.0519. The molecule has 5 nitrogen and oxygen atoms in total. The number of anilines is 1. The molecule has 2 aromatic rings. The van der Waals surface area contributed by atoms with Crippen LogP contribution < -0.4 is 4.90 Å². The van der Waals surface area contributed by atoms with Crippen LogP contribution in [0.3, 0.4) is 0 Å². The number of hydrogen-bond donors (Lipinski definition) is 0. The van der Waals surface area contributed by atoms with Crippen molar-refractivity contribution in [3.63, 3.8) is 0 Å². The molecule has 0 amide bonds. The number of thioether (sulfide) groups is 1. The second-order valence-corrected chi connectivity index (χ2v) is 7.07. The molecule has 1 aromatic heterocycles. The van der Waals surface area contributed by atoms with Crippen molar-refractivity contribution in [2.45, 2.75) is 31.4 Å². The number of aromatic nitrogens is 2. The van der Waals surface area contributed by atoms with Gasteiger partial charge in [0.05, 0.1) is 17.8 Å². The lowest BCUT2D eigenvalue weighted by Gasteiger charge is -2.27. The van der Waals surface area contributed by atoms with Crippen LogP contribution in [0.4, 0.5) is 5.69 Å². The molecule has 1 saturated heterocycles. The Morgan fingerprint density at radius 3 is 2.96 bits per heavy atom. The van der Waals surface area contributed by atoms with E-state index in [1.807, 2.05) is 43.0 Å². The van der Waals surface area contributed by atoms with Gasteiger partial charge in [-0.05, 0) is 32.1 Å². The number of ether oxygens (including phenoxy) is 1. The highest BCUT2D eigenvalue weighted by molar-refractivity contribution is 7.99. The normalized spacial score (nSPS) is 18.4. The fraction of sp³-hybridized carbons (Fsp3) is 0.500. The van der Waals surface area contributed by atoms with Crippen LogP contribution in [0.2, 0.25) is 0 Å². The summed E-state index contributed by atoms with van der Waals surface area (Å²) in [5.74, 6) is -0.393. The van der Waals surface area contributed by atoms with Crippen LogP contribution in [0, 0.1) is 0 Å². The Balaban J connectivity index is 2.11. The fourth-order valence-electron chi connectivity index (χ4n) is 3.20. The van der Waals surface area contributed by atoms with E-state index >= 15 is 0 Å². The Bertz CT molecular complexity index is 722. The number of fused-ring (bicyclic) bond motifs is 1. The molecule has 1 atom stereocenters. The van der Waals surface area contributed by atoms with Gasteiger partial charge < -0.3 is 9.64 Å². The van der Waals surface area contributed by atoms with Gasteiger partial charge >= 0.3 is 5.97 Å². The molecule has 3 rings (SSSR count). The number of esters is 1. The zero-order valence-corrected chi connectivity index (χ0v) is 15.0. The van der Waals surface area contributed by atoms with Crippen molar-refractivity contribution in [1.82, 2.24) is 10.2 Å². The molecule has 1 unspecified atom stereocenters. The van der Waals surface area contributed by atoms with E-state index in [0.29, 0.717) is 17.6 Å². The van der Waals surface area contributed by atoms with E-state index in [4.69, 9.17) is 4.74 Å². The molecule has 1 aromatic carbocycles. The summed E-state index contributed by atoms with van der Waals surface area (Å²) in [6.07, 6.45) is 5.70. The second-order valence-electron chi connectivity index (χ2n) is 5.93. The minimum atomic E-state index is -0.393. The standard InChI is InChI=1S/C18H23N3O2S/c1-3-23-18(22)16-17(14-9-4-5-10-15(14)19-20-16)21-11-7-6-8-13(12-21)24-2/h4-5,9-10,13H,3,6-8,11-12H2,1-2H3. The average molecular weight is 345 g/mol. The third-order valence-corrected chi connectivity index (χ3v) is 5.44. The predicted octanol–water partition coefficient (Wildman–Crippen LogP) is 3.53. The third kappa shape index (κ3) is 3.48. The summed E-state index contributed by atoms with van der Waals surface area (Å²) in [6, 6.07) is 7.87. The number of rotatable bonds is 4. The molecule has 0 radical (unpaired) electrons. The average Bonchev–Trinajstić information content (AvgIpc) is 2.86. The van der Waals surface area contributed by atoms with Gasteiger partial charge in [0.2, 0.25) is 0 Å². The van der Waals surface area contributed by atoms with E-state index in [1.54, 1.807) is 0 Å². The molecule has 0 bridgehead atoms. The first-order valence-corrected chi connectivity index (χ1v) is 9.73. The van der Waals surface area contributed by atoms with E-state index in [-0.39, 0.29) is 0 Å². The molecule has 6 heteroatoms. The summed E-state index contributed by atoms with van der Waals surface area (Å²) < 4.78 is 5.22. The summed E-state index contributed by atoms with van der Waals surface area (Å²) in [5, 5.41) is 9.96. The Kier molecular flexibility index (Phi) is 5.56. The zero-order valence-electron chi connectivity index (χ0n) is 14.2. The van der Waals surface area contributed by atoms with Crippen LogP contribution in [0.5, 0.6) is 0 Å². The number of nitrogens with zero attached hydrogens (tertiary/aromatic N) is 3. The van der Waals surface area contributed by atoms with Crippen molar-refractivity contribution in [2.75, 3.05) is 30.9 Å². The topological polar surface area (TPSA) is 55.3 Å². The lowest BCUT2D eigenvalue weighted by atomic mass is 10.1. The van der Waals surface area contributed by atoms with Crippen molar-refractivity contribution >= 4 is 34.3 Å². The summed E-state index contributed by atoms with van der Waals surface area (Å²) in [6.45, 7) is 3.99. The van der Waals surface area contributed by atoms with Gasteiger partial charge in [0, 0.05) is 23.7 Å². The molecule has 24 heavy (non-hydrogen) atoms. The first-order valence-electron chi connectivity index (χ1n) is 8.45. The van der Waals surface area contributed by atoms with Gasteiger partial charge in [-0.1, -0.05) is 24.6 Å². The largest absolute Gasteiger partial charge is 0.461 e. The number of carbonyl (C=O) groups excluding carboxylic acids is 1. The maximum Gasteiger partial charge on any atom is 0.361 e. The summed E-state index contributed by atoms with van der Waals surface area (Å²) in [7, 11) is 0. The zero-order chi connectivity index (χ0) is 16.9. The molecule has 128 valence electrons. The fourth-order valence-corrected chi connectivity index (χ4v) is 3.93. The minimum absolute atomic E-state index is 0.331. The third-order valence-electron chi connectivity index (χ3n) is 4.39. The molecule has 1 aliphatic heterocycles. The first-order chi connectivity index (χ1) is 11.7. The highest BCUT2D eigenvalue weighted by atomic mass is 32.2. The van der Waals surface area contributed by atoms with Crippen LogP contribution in [0.25, 0.3) is 10.9 Å². The van der Waals surface area contributed by atoms with E-state index in [2.05, 4.69) is 21.4 Å². The van der Waals surface area contributed by atoms with Crippen molar-refractivity contribution in [1.29, 1.82) is 0 Å². The molecule has 0 N–H and O–H groups in total. The van der Waals surface area contributed by atoms with Crippen LogP contribution >= 0.6 is 11.8 Å². The summed E-state index contributed by atoms with van der Waals surface area (Å²) >= 11 is 1.89. The maximum absolute atomic E-state index is 12.4. The van der Waals surface area contributed by atoms with Crippen LogP contribution in [0.1, 0.15) is 36.7 Å². The number of carbonyl (C=O) groups is 1. The second kappa shape index (κ2) is 7.83. The van der Waals surface area contributed by atoms with Gasteiger partial charge in [-0.3, -0.25) is 0 Å². The van der Waals surface area contributed by atoms with Crippen LogP contribution in [-0.2, 0) is 4.74 Å². The number of hydrogen-bond acceptors (Lipinski definition) is 6. The molecular formula is C18H23N3O2S. The van der Waals surface area contributed by atoms with Gasteiger partial charge in [0.1, 0.15) is 0 Å². The highest BCUT2D eigenvalue weighted by Crippen LogP contribution is 2.32. The number of benzene rings is 1. The molecule has 0 saturated carbocycles. The predicted molar refractivity (Wildman–Crippen MR) is 98.9 cm³/mol. The Morgan fingerprint density at radius 1 is 1.33 bits per heavy atom. The quantitative estimate of drug-likeness (QED) is 0.790. The lowest BCUT2D eigenvalue weighted by Crippen LogP contribution is -2.32. The van der Waals surface area contributed by atoms with E-state index in [0.717, 1.165) is 36.1 Å². The minimum Gasteiger partial charge on any atom is -0.461 e. The Morgan fingerprint density at radius 2 is 2.17 bits per heavy atom. The van der Waals surface area contributed by atoms with E-state index < -0.39 is 5.97 Å². The smallest absolute Gasteiger partial charge is 0.361 e. The van der Waals surface area contributed by atoms with Crippen LogP contribution in [-0.4, -0.2) is 47.4 Å². The van der Waals surface area contributed by atoms with E-state index in [9.17, 15) is 4.79 Å². The molecule has 0 aliphatic carbocycles. The molecule has 1 aliphatic rings. The Labute approximate surface area is 146 Å². The van der Waals surface area contributed by atoms with Crippen molar-refractivity contribution < 1.29 is 9.53 Å². The van der Waals surface area contributed by atoms with Gasteiger partial charge in [-0.2, -0.15) is 11.8 Å². The van der Waals surface area contributed by atoms with Gasteiger partial charge in [-0.15, -0.1) is 10.2 Å². The molecule has 0 spiro atoms. The maximum atomic E-state index is 12.4. The van der Waals surface area contributed by atoms with Gasteiger partial charge in [0.25, 0.3) is 0 Å². The molecular weight excluding hydrogens is 322 g/mol. The molecule has 1 fully saturated rings. The van der Waals surface area contributed by atoms with Gasteiger partial charge in [-0.25, -0.2) is 4.79 Å². The molecule has 2 heterocycles. The van der Waals surface area contributed by atoms with Crippen molar-refractivity contribution in [2.24, 2.45) is 0 Å². The Hall–Kier alpha value is -1.82. The van der Waals surface area contributed by atoms with Crippen molar-refractivity contribution in [3.05, 3.63) is 30.0 Å². The summed E-state index contributed by atoms with van der Waals surface area (Å²) in [4.78, 5) is 14.7. The monoisotopic (exact) mass is 345 g/mol. The van der Waals surface area contributed by atoms with Crippen molar-refractivity contribution in [3.8, 4) is 0 Å². The van der Waals surface area contributed by atoms with Gasteiger partial charge in [0.15, 0.2) is 5.69 Å². The van der Waals surface area contributed by atoms with E-state index in [1.165, 1.54) is 12.8 Å². The summed E-state index contributed by atoms with van der Waals surface area (Å²) in [5.41, 5.74) is 2.02. The van der Waals surface area contributed by atoms with Crippen LogP contribution in [0.15, 0.2) is 24.3 Å². The first kappa shape index (κ1) is 17.0.